The Hall–Kier alpha value is -2.50. The second-order valence-electron chi connectivity index (χ2n) is 6.30. The molecule has 150 valence electrons. The summed E-state index contributed by atoms with van der Waals surface area (Å²) in [5, 5.41) is 11.1. The van der Waals surface area contributed by atoms with Crippen molar-refractivity contribution in [3.05, 3.63) is 63.7 Å². The Bertz CT molecular complexity index is 1130. The van der Waals surface area contributed by atoms with Crippen LogP contribution in [0.25, 0.3) is 0 Å². The maximum atomic E-state index is 12.6. The molecule has 0 bridgehead atoms. The molecule has 0 aliphatic carbocycles. The minimum atomic E-state index is -4.19. The molecule has 0 saturated heterocycles. The second kappa shape index (κ2) is 7.49. The number of fused-ring (bicyclic) bond motifs is 1. The lowest BCUT2D eigenvalue weighted by Gasteiger charge is -2.28. The van der Waals surface area contributed by atoms with Crippen molar-refractivity contribution >= 4 is 31.4 Å². The molecule has 0 saturated carbocycles. The van der Waals surface area contributed by atoms with E-state index in [0.29, 0.717) is 18.5 Å². The van der Waals surface area contributed by atoms with Crippen molar-refractivity contribution in [2.24, 2.45) is 0 Å². The Kier molecular flexibility index (Phi) is 5.41. The first-order chi connectivity index (χ1) is 13.1. The lowest BCUT2D eigenvalue weighted by atomic mass is 10.0. The minimum Gasteiger partial charge on any atom is -0.279 e. The third-order valence-corrected chi connectivity index (χ3v) is 7.80. The number of nitro benzene ring substituents is 1. The highest BCUT2D eigenvalue weighted by Gasteiger charge is 2.27. The summed E-state index contributed by atoms with van der Waals surface area (Å²) < 4.78 is 53.2. The first kappa shape index (κ1) is 20.2. The van der Waals surface area contributed by atoms with Gasteiger partial charge in [-0.05, 0) is 42.7 Å². The standard InChI is InChI=1S/C17H19N3O6S2/c1-2-27(23,24)19-10-9-13-7-8-15(11-14(13)12-19)18-28(25,26)17-6-4-3-5-16(17)20(21)22/h3-8,11,18H,2,9-10,12H2,1H3. The average molecular weight is 425 g/mol. The topological polar surface area (TPSA) is 127 Å². The van der Waals surface area contributed by atoms with Crippen molar-refractivity contribution in [1.29, 1.82) is 0 Å². The van der Waals surface area contributed by atoms with E-state index in [-0.39, 0.29) is 18.0 Å². The van der Waals surface area contributed by atoms with Crippen LogP contribution in [0.1, 0.15) is 18.1 Å². The van der Waals surface area contributed by atoms with E-state index >= 15 is 0 Å². The van der Waals surface area contributed by atoms with Gasteiger partial charge in [-0.2, -0.15) is 4.31 Å². The maximum Gasteiger partial charge on any atom is 0.289 e. The molecule has 0 fully saturated rings. The summed E-state index contributed by atoms with van der Waals surface area (Å²) in [5.74, 6) is -0.00761. The van der Waals surface area contributed by atoms with E-state index in [1.165, 1.54) is 16.4 Å². The Balaban J connectivity index is 1.91. The third kappa shape index (κ3) is 4.01. The first-order valence-corrected chi connectivity index (χ1v) is 11.6. The van der Waals surface area contributed by atoms with Crippen molar-refractivity contribution in [1.82, 2.24) is 4.31 Å². The van der Waals surface area contributed by atoms with Crippen LogP contribution < -0.4 is 4.72 Å². The average Bonchev–Trinajstić information content (AvgIpc) is 2.67. The van der Waals surface area contributed by atoms with Crippen LogP contribution in [0.2, 0.25) is 0 Å². The zero-order valence-corrected chi connectivity index (χ0v) is 16.7. The van der Waals surface area contributed by atoms with Gasteiger partial charge < -0.3 is 0 Å². The Morgan fingerprint density at radius 1 is 1.11 bits per heavy atom. The van der Waals surface area contributed by atoms with Gasteiger partial charge in [0.25, 0.3) is 15.7 Å². The van der Waals surface area contributed by atoms with Crippen LogP contribution >= 0.6 is 0 Å². The zero-order chi connectivity index (χ0) is 20.5. The molecule has 3 rings (SSSR count). The summed E-state index contributed by atoms with van der Waals surface area (Å²) in [7, 11) is -7.54. The summed E-state index contributed by atoms with van der Waals surface area (Å²) >= 11 is 0. The van der Waals surface area contributed by atoms with E-state index in [0.717, 1.165) is 17.7 Å². The molecular weight excluding hydrogens is 406 g/mol. The molecule has 0 spiro atoms. The lowest BCUT2D eigenvalue weighted by Crippen LogP contribution is -2.36. The van der Waals surface area contributed by atoms with Gasteiger partial charge in [-0.1, -0.05) is 18.2 Å². The molecule has 0 amide bonds. The number of hydrogen-bond donors (Lipinski definition) is 1. The summed E-state index contributed by atoms with van der Waals surface area (Å²) in [4.78, 5) is 9.93. The number of rotatable bonds is 6. The predicted molar refractivity (Wildman–Crippen MR) is 104 cm³/mol. The molecule has 0 aromatic heterocycles. The molecule has 2 aromatic carbocycles. The van der Waals surface area contributed by atoms with E-state index < -0.39 is 35.6 Å². The molecule has 0 radical (unpaired) electrons. The Morgan fingerprint density at radius 3 is 2.50 bits per heavy atom. The van der Waals surface area contributed by atoms with E-state index in [9.17, 15) is 26.9 Å². The fraction of sp³-hybridized carbons (Fsp3) is 0.294. The monoisotopic (exact) mass is 425 g/mol. The highest BCUT2D eigenvalue weighted by Crippen LogP contribution is 2.28. The summed E-state index contributed by atoms with van der Waals surface area (Å²) in [6.07, 6.45) is 0.533. The SMILES string of the molecule is CCS(=O)(=O)N1CCc2ccc(NS(=O)(=O)c3ccccc3[N+](=O)[O-])cc2C1. The van der Waals surface area contributed by atoms with Gasteiger partial charge in [0.15, 0.2) is 4.90 Å². The smallest absolute Gasteiger partial charge is 0.279 e. The summed E-state index contributed by atoms with van der Waals surface area (Å²) in [6, 6.07) is 9.95. The van der Waals surface area contributed by atoms with Crippen LogP contribution in [-0.2, 0) is 33.0 Å². The summed E-state index contributed by atoms with van der Waals surface area (Å²) in [5.41, 5.74) is 1.34. The molecule has 9 nitrogen and oxygen atoms in total. The molecule has 0 atom stereocenters. The van der Waals surface area contributed by atoms with Gasteiger partial charge in [0, 0.05) is 24.8 Å². The molecule has 11 heteroatoms. The molecular formula is C17H19N3O6S2. The van der Waals surface area contributed by atoms with Crippen molar-refractivity contribution < 1.29 is 21.8 Å². The van der Waals surface area contributed by atoms with Crippen molar-refractivity contribution in [3.63, 3.8) is 0 Å². The van der Waals surface area contributed by atoms with Gasteiger partial charge in [-0.25, -0.2) is 16.8 Å². The van der Waals surface area contributed by atoms with Gasteiger partial charge in [-0.15, -0.1) is 0 Å². The van der Waals surface area contributed by atoms with Gasteiger partial charge in [0.2, 0.25) is 10.0 Å². The Labute approximate surface area is 163 Å². The predicted octanol–water partition coefficient (Wildman–Crippen LogP) is 2.10. The molecule has 0 unspecified atom stereocenters. The number of nitrogens with one attached hydrogen (secondary N) is 1. The van der Waals surface area contributed by atoms with Crippen molar-refractivity contribution in [2.75, 3.05) is 17.0 Å². The fourth-order valence-electron chi connectivity index (χ4n) is 3.06. The van der Waals surface area contributed by atoms with E-state index in [4.69, 9.17) is 0 Å². The van der Waals surface area contributed by atoms with E-state index in [1.54, 1.807) is 25.1 Å². The van der Waals surface area contributed by atoms with Crippen molar-refractivity contribution in [3.8, 4) is 0 Å². The zero-order valence-electron chi connectivity index (χ0n) is 15.0. The minimum absolute atomic E-state index is 0.00761. The first-order valence-electron chi connectivity index (χ1n) is 8.50. The quantitative estimate of drug-likeness (QED) is 0.558. The maximum absolute atomic E-state index is 12.6. The van der Waals surface area contributed by atoms with Crippen LogP contribution in [0.3, 0.4) is 0 Å². The van der Waals surface area contributed by atoms with Crippen molar-refractivity contribution in [2.45, 2.75) is 24.8 Å². The largest absolute Gasteiger partial charge is 0.289 e. The van der Waals surface area contributed by atoms with Gasteiger partial charge in [0.05, 0.1) is 10.7 Å². The normalized spacial score (nSPS) is 15.0. The van der Waals surface area contributed by atoms with Crippen LogP contribution in [0.5, 0.6) is 0 Å². The van der Waals surface area contributed by atoms with E-state index in [2.05, 4.69) is 4.72 Å². The molecule has 1 aliphatic heterocycles. The van der Waals surface area contributed by atoms with Gasteiger partial charge in [0.1, 0.15) is 0 Å². The highest BCUT2D eigenvalue weighted by molar-refractivity contribution is 7.92. The number of nitro groups is 1. The van der Waals surface area contributed by atoms with Crippen LogP contribution in [0, 0.1) is 10.1 Å². The fourth-order valence-corrected chi connectivity index (χ4v) is 5.35. The number of benzene rings is 2. The molecule has 1 heterocycles. The molecule has 1 N–H and O–H groups in total. The molecule has 2 aromatic rings. The lowest BCUT2D eigenvalue weighted by molar-refractivity contribution is -0.387. The van der Waals surface area contributed by atoms with Crippen LogP contribution in [0.4, 0.5) is 11.4 Å². The number of nitrogens with zero attached hydrogens (tertiary/aromatic N) is 2. The summed E-state index contributed by atoms with van der Waals surface area (Å²) in [6.45, 7) is 2.11. The number of sulfonamides is 2. The molecule has 28 heavy (non-hydrogen) atoms. The van der Waals surface area contributed by atoms with Crippen LogP contribution in [-0.4, -0.2) is 38.4 Å². The number of para-hydroxylation sites is 1. The van der Waals surface area contributed by atoms with Crippen LogP contribution in [0.15, 0.2) is 47.4 Å². The number of anilines is 1. The third-order valence-electron chi connectivity index (χ3n) is 4.55. The van der Waals surface area contributed by atoms with Gasteiger partial charge in [-0.3, -0.25) is 14.8 Å². The Morgan fingerprint density at radius 2 is 1.82 bits per heavy atom. The highest BCUT2D eigenvalue weighted by atomic mass is 32.2. The van der Waals surface area contributed by atoms with Gasteiger partial charge >= 0.3 is 0 Å². The second-order valence-corrected chi connectivity index (χ2v) is 10.2. The number of hydrogen-bond acceptors (Lipinski definition) is 6. The molecule has 1 aliphatic rings. The van der Waals surface area contributed by atoms with E-state index in [1.807, 2.05) is 0 Å².